The Kier molecular flexibility index (Phi) is 6.31. The van der Waals surface area contributed by atoms with Crippen molar-refractivity contribution in [2.45, 2.75) is 26.3 Å². The Bertz CT molecular complexity index is 485. The van der Waals surface area contributed by atoms with Crippen LogP contribution >= 0.6 is 0 Å². The Labute approximate surface area is 116 Å². The molecule has 0 aliphatic rings. The number of hydrogen-bond acceptors (Lipinski definition) is 4. The van der Waals surface area contributed by atoms with E-state index in [-0.39, 0.29) is 17.5 Å². The molecule has 1 N–H and O–H groups in total. The second kappa shape index (κ2) is 7.50. The van der Waals surface area contributed by atoms with Crippen molar-refractivity contribution in [1.82, 2.24) is 5.32 Å². The van der Waals surface area contributed by atoms with Crippen molar-refractivity contribution < 1.29 is 13.2 Å². The molecule has 0 radical (unpaired) electrons. The van der Waals surface area contributed by atoms with Crippen molar-refractivity contribution in [2.24, 2.45) is 0 Å². The number of sulfone groups is 1. The van der Waals surface area contributed by atoms with Crippen LogP contribution in [0.5, 0.6) is 5.75 Å². The SMILES string of the molecule is CCCS(=O)(=O)CC(NC)c1ccccc1OCC. The van der Waals surface area contributed by atoms with Crippen LogP contribution in [0, 0.1) is 0 Å². The summed E-state index contributed by atoms with van der Waals surface area (Å²) in [5, 5.41) is 3.07. The first-order valence-corrected chi connectivity index (χ1v) is 8.45. The average molecular weight is 285 g/mol. The monoisotopic (exact) mass is 285 g/mol. The van der Waals surface area contributed by atoms with Gasteiger partial charge in [-0.05, 0) is 26.5 Å². The molecule has 108 valence electrons. The van der Waals surface area contributed by atoms with Gasteiger partial charge in [0.25, 0.3) is 0 Å². The molecule has 1 atom stereocenters. The molecule has 0 aromatic heterocycles. The fourth-order valence-electron chi connectivity index (χ4n) is 2.03. The number of hydrogen-bond donors (Lipinski definition) is 1. The van der Waals surface area contributed by atoms with Gasteiger partial charge in [-0.25, -0.2) is 8.42 Å². The molecular weight excluding hydrogens is 262 g/mol. The Morgan fingerprint density at radius 2 is 1.95 bits per heavy atom. The Morgan fingerprint density at radius 1 is 1.26 bits per heavy atom. The summed E-state index contributed by atoms with van der Waals surface area (Å²) in [6, 6.07) is 7.33. The fourth-order valence-corrected chi connectivity index (χ4v) is 3.68. The lowest BCUT2D eigenvalue weighted by atomic mass is 10.1. The van der Waals surface area contributed by atoms with E-state index in [9.17, 15) is 8.42 Å². The summed E-state index contributed by atoms with van der Waals surface area (Å²) in [6.45, 7) is 4.36. The molecule has 0 spiro atoms. The van der Waals surface area contributed by atoms with Crippen LogP contribution in [0.15, 0.2) is 24.3 Å². The van der Waals surface area contributed by atoms with E-state index in [1.54, 1.807) is 7.05 Å². The molecule has 0 heterocycles. The highest BCUT2D eigenvalue weighted by Crippen LogP contribution is 2.26. The van der Waals surface area contributed by atoms with E-state index in [4.69, 9.17) is 4.74 Å². The topological polar surface area (TPSA) is 55.4 Å². The standard InChI is InChI=1S/C14H23NO3S/c1-4-10-19(16,17)11-13(15-3)12-8-6-7-9-14(12)18-5-2/h6-9,13,15H,4-5,10-11H2,1-3H3. The van der Waals surface area contributed by atoms with Gasteiger partial charge in [0, 0.05) is 17.4 Å². The summed E-state index contributed by atoms with van der Waals surface area (Å²) in [4.78, 5) is 0. The highest BCUT2D eigenvalue weighted by molar-refractivity contribution is 7.91. The van der Waals surface area contributed by atoms with Crippen LogP contribution in [0.1, 0.15) is 31.9 Å². The maximum Gasteiger partial charge on any atom is 0.152 e. The molecular formula is C14H23NO3S. The summed E-state index contributed by atoms with van der Waals surface area (Å²) in [6.07, 6.45) is 0.645. The molecule has 1 unspecified atom stereocenters. The largest absolute Gasteiger partial charge is 0.494 e. The minimum absolute atomic E-state index is 0.0986. The summed E-state index contributed by atoms with van der Waals surface area (Å²) < 4.78 is 29.5. The summed E-state index contributed by atoms with van der Waals surface area (Å²) in [5.41, 5.74) is 0.895. The van der Waals surface area contributed by atoms with Crippen molar-refractivity contribution in [1.29, 1.82) is 0 Å². The molecule has 0 fully saturated rings. The predicted octanol–water partition coefficient (Wildman–Crippen LogP) is 2.17. The van der Waals surface area contributed by atoms with Crippen molar-refractivity contribution in [3.05, 3.63) is 29.8 Å². The average Bonchev–Trinajstić information content (AvgIpc) is 2.37. The predicted molar refractivity (Wildman–Crippen MR) is 78.4 cm³/mol. The molecule has 0 aliphatic carbocycles. The van der Waals surface area contributed by atoms with Crippen LogP contribution in [-0.4, -0.2) is 33.6 Å². The molecule has 0 saturated heterocycles. The smallest absolute Gasteiger partial charge is 0.152 e. The van der Waals surface area contributed by atoms with Crippen molar-refractivity contribution in [3.8, 4) is 5.75 Å². The third kappa shape index (κ3) is 4.84. The van der Waals surface area contributed by atoms with Gasteiger partial charge in [-0.1, -0.05) is 25.1 Å². The first-order valence-electron chi connectivity index (χ1n) is 6.63. The molecule has 19 heavy (non-hydrogen) atoms. The Balaban J connectivity index is 2.97. The molecule has 0 aliphatic heterocycles. The highest BCUT2D eigenvalue weighted by Gasteiger charge is 2.21. The molecule has 0 saturated carbocycles. The van der Waals surface area contributed by atoms with E-state index in [0.29, 0.717) is 13.0 Å². The van der Waals surface area contributed by atoms with Gasteiger partial charge < -0.3 is 10.1 Å². The molecule has 1 aromatic rings. The normalized spacial score (nSPS) is 13.2. The quantitative estimate of drug-likeness (QED) is 0.795. The van der Waals surface area contributed by atoms with E-state index in [2.05, 4.69) is 5.32 Å². The third-order valence-corrected chi connectivity index (χ3v) is 4.75. The van der Waals surface area contributed by atoms with E-state index >= 15 is 0 Å². The highest BCUT2D eigenvalue weighted by atomic mass is 32.2. The zero-order valence-corrected chi connectivity index (χ0v) is 12.7. The van der Waals surface area contributed by atoms with Crippen LogP contribution in [0.2, 0.25) is 0 Å². The fraction of sp³-hybridized carbons (Fsp3) is 0.571. The number of ether oxygens (including phenoxy) is 1. The van der Waals surface area contributed by atoms with E-state index in [1.807, 2.05) is 38.1 Å². The van der Waals surface area contributed by atoms with Crippen LogP contribution in [0.3, 0.4) is 0 Å². The molecule has 1 rings (SSSR count). The zero-order chi connectivity index (χ0) is 14.3. The lowest BCUT2D eigenvalue weighted by molar-refractivity contribution is 0.333. The number of para-hydroxylation sites is 1. The van der Waals surface area contributed by atoms with E-state index in [0.717, 1.165) is 11.3 Å². The second-order valence-corrected chi connectivity index (χ2v) is 6.66. The van der Waals surface area contributed by atoms with E-state index < -0.39 is 9.84 Å². The summed E-state index contributed by atoms with van der Waals surface area (Å²) in [5.74, 6) is 1.07. The van der Waals surface area contributed by atoms with E-state index in [1.165, 1.54) is 0 Å². The zero-order valence-electron chi connectivity index (χ0n) is 11.8. The number of rotatable bonds is 8. The number of benzene rings is 1. The van der Waals surface area contributed by atoms with Crippen LogP contribution < -0.4 is 10.1 Å². The van der Waals surface area contributed by atoms with Gasteiger partial charge in [-0.15, -0.1) is 0 Å². The van der Waals surface area contributed by atoms with Crippen molar-refractivity contribution in [2.75, 3.05) is 25.2 Å². The van der Waals surface area contributed by atoms with Gasteiger partial charge >= 0.3 is 0 Å². The summed E-state index contributed by atoms with van der Waals surface area (Å²) >= 11 is 0. The summed E-state index contributed by atoms with van der Waals surface area (Å²) in [7, 11) is -1.27. The Hall–Kier alpha value is -1.07. The first-order chi connectivity index (χ1) is 9.04. The van der Waals surface area contributed by atoms with Crippen LogP contribution in [0.4, 0.5) is 0 Å². The third-order valence-electron chi connectivity index (χ3n) is 2.88. The lowest BCUT2D eigenvalue weighted by Crippen LogP contribution is -2.27. The van der Waals surface area contributed by atoms with Gasteiger partial charge in [-0.2, -0.15) is 0 Å². The minimum atomic E-state index is -3.04. The number of nitrogens with one attached hydrogen (secondary N) is 1. The van der Waals surface area contributed by atoms with Gasteiger partial charge in [0.15, 0.2) is 9.84 Å². The van der Waals surface area contributed by atoms with Crippen LogP contribution in [-0.2, 0) is 9.84 Å². The lowest BCUT2D eigenvalue weighted by Gasteiger charge is -2.19. The first kappa shape index (κ1) is 16.0. The molecule has 0 amide bonds. The molecule has 5 heteroatoms. The van der Waals surface area contributed by atoms with Gasteiger partial charge in [-0.3, -0.25) is 0 Å². The maximum atomic E-state index is 12.0. The second-order valence-electron chi connectivity index (χ2n) is 4.43. The molecule has 1 aromatic carbocycles. The van der Waals surface area contributed by atoms with Gasteiger partial charge in [0.2, 0.25) is 0 Å². The maximum absolute atomic E-state index is 12.0. The minimum Gasteiger partial charge on any atom is -0.494 e. The van der Waals surface area contributed by atoms with Crippen LogP contribution in [0.25, 0.3) is 0 Å². The molecule has 0 bridgehead atoms. The Morgan fingerprint density at radius 3 is 2.53 bits per heavy atom. The van der Waals surface area contributed by atoms with Crippen molar-refractivity contribution in [3.63, 3.8) is 0 Å². The van der Waals surface area contributed by atoms with Gasteiger partial charge in [0.05, 0.1) is 12.4 Å². The van der Waals surface area contributed by atoms with Crippen molar-refractivity contribution >= 4 is 9.84 Å². The van der Waals surface area contributed by atoms with Gasteiger partial charge in [0.1, 0.15) is 5.75 Å². The molecule has 4 nitrogen and oxygen atoms in total.